The molecule has 0 unspecified atom stereocenters. The molecule has 23 heavy (non-hydrogen) atoms. The molecule has 1 aromatic heterocycles. The highest BCUT2D eigenvalue weighted by atomic mass is 32.2. The lowest BCUT2D eigenvalue weighted by Crippen LogP contribution is -2.14. The van der Waals surface area contributed by atoms with E-state index in [0.717, 1.165) is 24.3 Å². The number of hydrogen-bond acceptors (Lipinski definition) is 5. The Labute approximate surface area is 130 Å². The Morgan fingerprint density at radius 3 is 2.39 bits per heavy atom. The van der Waals surface area contributed by atoms with Crippen LogP contribution in [0, 0.1) is 12.7 Å². The highest BCUT2D eigenvalue weighted by molar-refractivity contribution is 7.91. The number of hydrogen-bond donors (Lipinski definition) is 1. The van der Waals surface area contributed by atoms with Gasteiger partial charge >= 0.3 is 5.63 Å². The highest BCUT2D eigenvalue weighted by Gasteiger charge is 2.24. The summed E-state index contributed by atoms with van der Waals surface area (Å²) in [5, 5.41) is 9.99. The Balaban J connectivity index is 2.28. The van der Waals surface area contributed by atoms with Gasteiger partial charge in [-0.05, 0) is 49.4 Å². The van der Waals surface area contributed by atoms with E-state index in [9.17, 15) is 22.7 Å². The number of sulfone groups is 1. The molecule has 0 aliphatic heterocycles. The summed E-state index contributed by atoms with van der Waals surface area (Å²) >= 11 is 0. The summed E-state index contributed by atoms with van der Waals surface area (Å²) in [6.45, 7) is 1.55. The van der Waals surface area contributed by atoms with E-state index in [2.05, 4.69) is 0 Å². The predicted molar refractivity (Wildman–Crippen MR) is 80.7 cm³/mol. The van der Waals surface area contributed by atoms with Gasteiger partial charge in [0.25, 0.3) is 0 Å². The highest BCUT2D eigenvalue weighted by Crippen LogP contribution is 2.28. The van der Waals surface area contributed by atoms with Gasteiger partial charge in [0.15, 0.2) is 4.90 Å². The lowest BCUT2D eigenvalue weighted by atomic mass is 10.1. The second kappa shape index (κ2) is 5.20. The molecule has 7 heteroatoms. The summed E-state index contributed by atoms with van der Waals surface area (Å²) in [4.78, 5) is 11.3. The molecule has 0 radical (unpaired) electrons. The average molecular weight is 334 g/mol. The van der Waals surface area contributed by atoms with Crippen LogP contribution >= 0.6 is 0 Å². The van der Waals surface area contributed by atoms with Crippen molar-refractivity contribution in [2.45, 2.75) is 16.7 Å². The third-order valence-electron chi connectivity index (χ3n) is 3.50. The normalized spacial score (nSPS) is 11.7. The molecule has 118 valence electrons. The van der Waals surface area contributed by atoms with Gasteiger partial charge in [-0.1, -0.05) is 0 Å². The first kappa shape index (κ1) is 15.2. The van der Waals surface area contributed by atoms with Crippen molar-refractivity contribution in [1.82, 2.24) is 0 Å². The first-order valence-electron chi connectivity index (χ1n) is 6.58. The summed E-state index contributed by atoms with van der Waals surface area (Å²) in [7, 11) is -4.14. The van der Waals surface area contributed by atoms with Crippen LogP contribution in [0.2, 0.25) is 0 Å². The van der Waals surface area contributed by atoms with Crippen LogP contribution in [0.25, 0.3) is 11.0 Å². The number of phenols is 1. The van der Waals surface area contributed by atoms with Crippen LogP contribution in [0.15, 0.2) is 61.5 Å². The smallest absolute Gasteiger partial charge is 0.355 e. The summed E-state index contributed by atoms with van der Waals surface area (Å²) in [5.74, 6) is -0.643. The standard InChI is InChI=1S/C16H11FO5S/c1-9-13(18)7-2-10-8-14(16(19)22-15(9)10)23(20,21)12-5-3-11(17)4-6-12/h2-8,18H,1H3. The van der Waals surface area contributed by atoms with Crippen molar-refractivity contribution >= 4 is 20.8 Å². The van der Waals surface area contributed by atoms with Gasteiger partial charge in [-0.15, -0.1) is 0 Å². The van der Waals surface area contributed by atoms with Crippen LogP contribution in [0.5, 0.6) is 5.75 Å². The van der Waals surface area contributed by atoms with Gasteiger partial charge in [-0.2, -0.15) is 0 Å². The van der Waals surface area contributed by atoms with Crippen molar-refractivity contribution in [3.05, 3.63) is 64.3 Å². The van der Waals surface area contributed by atoms with Crippen LogP contribution in [-0.2, 0) is 9.84 Å². The van der Waals surface area contributed by atoms with Gasteiger partial charge in [0, 0.05) is 10.9 Å². The van der Waals surface area contributed by atoms with Crippen LogP contribution in [0.1, 0.15) is 5.56 Å². The Hall–Kier alpha value is -2.67. The third-order valence-corrected chi connectivity index (χ3v) is 5.26. The zero-order chi connectivity index (χ0) is 16.8. The van der Waals surface area contributed by atoms with E-state index in [0.29, 0.717) is 10.9 Å². The molecule has 0 bridgehead atoms. The topological polar surface area (TPSA) is 84.6 Å². The molecular weight excluding hydrogens is 323 g/mol. The van der Waals surface area contributed by atoms with E-state index in [1.54, 1.807) is 6.92 Å². The molecule has 0 aliphatic carbocycles. The Morgan fingerprint density at radius 2 is 1.74 bits per heavy atom. The molecule has 0 spiro atoms. The Bertz CT molecular complexity index is 1070. The van der Waals surface area contributed by atoms with E-state index in [-0.39, 0.29) is 16.2 Å². The number of aryl methyl sites for hydroxylation is 1. The van der Waals surface area contributed by atoms with Gasteiger partial charge in [0.2, 0.25) is 9.84 Å². The quantitative estimate of drug-likeness (QED) is 0.575. The number of phenolic OH excluding ortho intramolecular Hbond substituents is 1. The largest absolute Gasteiger partial charge is 0.508 e. The van der Waals surface area contributed by atoms with Gasteiger partial charge in [-0.3, -0.25) is 0 Å². The van der Waals surface area contributed by atoms with Gasteiger partial charge in [-0.25, -0.2) is 17.6 Å². The number of aromatic hydroxyl groups is 1. The minimum atomic E-state index is -4.14. The van der Waals surface area contributed by atoms with Gasteiger partial charge < -0.3 is 9.52 Å². The predicted octanol–water partition coefficient (Wildman–Crippen LogP) is 2.78. The number of halogens is 1. The van der Waals surface area contributed by atoms with E-state index in [4.69, 9.17) is 4.42 Å². The molecule has 0 amide bonds. The lowest BCUT2D eigenvalue weighted by Gasteiger charge is -2.07. The summed E-state index contributed by atoms with van der Waals surface area (Å²) < 4.78 is 43.1. The van der Waals surface area contributed by atoms with Crippen LogP contribution < -0.4 is 5.63 Å². The maximum absolute atomic E-state index is 12.9. The maximum atomic E-state index is 12.9. The second-order valence-electron chi connectivity index (χ2n) is 4.98. The Kier molecular flexibility index (Phi) is 3.45. The Morgan fingerprint density at radius 1 is 1.09 bits per heavy atom. The van der Waals surface area contributed by atoms with Crippen molar-refractivity contribution in [1.29, 1.82) is 0 Å². The summed E-state index contributed by atoms with van der Waals surface area (Å²) in [5.41, 5.74) is -0.589. The van der Waals surface area contributed by atoms with E-state index in [1.165, 1.54) is 18.2 Å². The molecule has 0 saturated carbocycles. The maximum Gasteiger partial charge on any atom is 0.355 e. The second-order valence-corrected chi connectivity index (χ2v) is 6.90. The fourth-order valence-electron chi connectivity index (χ4n) is 2.22. The van der Waals surface area contributed by atoms with E-state index >= 15 is 0 Å². The first-order chi connectivity index (χ1) is 10.8. The molecule has 0 atom stereocenters. The van der Waals surface area contributed by atoms with Crippen LogP contribution in [0.3, 0.4) is 0 Å². The van der Waals surface area contributed by atoms with Crippen molar-refractivity contribution in [2.75, 3.05) is 0 Å². The molecule has 5 nitrogen and oxygen atoms in total. The first-order valence-corrected chi connectivity index (χ1v) is 8.06. The monoisotopic (exact) mass is 334 g/mol. The van der Waals surface area contributed by atoms with E-state index < -0.39 is 26.2 Å². The fraction of sp³-hybridized carbons (Fsp3) is 0.0625. The number of rotatable bonds is 2. The van der Waals surface area contributed by atoms with Crippen molar-refractivity contribution in [2.24, 2.45) is 0 Å². The molecule has 3 rings (SSSR count). The number of fused-ring (bicyclic) bond motifs is 1. The van der Waals surface area contributed by atoms with Crippen molar-refractivity contribution in [3.8, 4) is 5.75 Å². The van der Waals surface area contributed by atoms with Crippen LogP contribution in [0.4, 0.5) is 4.39 Å². The molecule has 2 aromatic carbocycles. The van der Waals surface area contributed by atoms with E-state index in [1.807, 2.05) is 0 Å². The molecule has 0 saturated heterocycles. The minimum Gasteiger partial charge on any atom is -0.508 e. The zero-order valence-electron chi connectivity index (χ0n) is 11.9. The van der Waals surface area contributed by atoms with Crippen molar-refractivity contribution < 1.29 is 22.3 Å². The average Bonchev–Trinajstić information content (AvgIpc) is 2.51. The third kappa shape index (κ3) is 2.49. The lowest BCUT2D eigenvalue weighted by molar-refractivity contribution is 0.467. The fourth-order valence-corrected chi connectivity index (χ4v) is 3.51. The zero-order valence-corrected chi connectivity index (χ0v) is 12.7. The summed E-state index contributed by atoms with van der Waals surface area (Å²) in [6.07, 6.45) is 0. The van der Waals surface area contributed by atoms with Crippen LogP contribution in [-0.4, -0.2) is 13.5 Å². The summed E-state index contributed by atoms with van der Waals surface area (Å²) in [6, 6.07) is 8.17. The SMILES string of the molecule is Cc1c(O)ccc2cc(S(=O)(=O)c3ccc(F)cc3)c(=O)oc12. The molecular formula is C16H11FO5S. The van der Waals surface area contributed by atoms with Crippen molar-refractivity contribution in [3.63, 3.8) is 0 Å². The molecule has 3 aromatic rings. The molecule has 1 N–H and O–H groups in total. The molecule has 1 heterocycles. The molecule has 0 fully saturated rings. The van der Waals surface area contributed by atoms with Gasteiger partial charge in [0.1, 0.15) is 17.1 Å². The van der Waals surface area contributed by atoms with Gasteiger partial charge in [0.05, 0.1) is 4.90 Å². The minimum absolute atomic E-state index is 0.0604. The number of benzene rings is 2. The molecule has 0 aliphatic rings.